The fraction of sp³-hybridized carbons (Fsp3) is 0.273. The Balaban J connectivity index is 1.75. The van der Waals surface area contributed by atoms with Gasteiger partial charge in [-0.15, -0.1) is 0 Å². The Morgan fingerprint density at radius 3 is 2.67 bits per heavy atom. The zero-order valence-electron chi connectivity index (χ0n) is 16.3. The summed E-state index contributed by atoms with van der Waals surface area (Å²) in [5.74, 6) is -0.755. The van der Waals surface area contributed by atoms with Crippen molar-refractivity contribution in [2.24, 2.45) is 0 Å². The van der Waals surface area contributed by atoms with Crippen LogP contribution in [0.1, 0.15) is 28.1 Å². The number of halogens is 1. The maximum atomic E-state index is 13.4. The number of carbonyl (C=O) groups excluding carboxylic acids is 1. The summed E-state index contributed by atoms with van der Waals surface area (Å²) in [6.45, 7) is 1.98. The maximum Gasteiger partial charge on any atom is 0.290 e. The number of sulfone groups is 1. The van der Waals surface area contributed by atoms with E-state index in [0.717, 1.165) is 5.56 Å². The molecule has 0 spiro atoms. The van der Waals surface area contributed by atoms with Gasteiger partial charge in [0, 0.05) is 23.7 Å². The quantitative estimate of drug-likeness (QED) is 0.612. The van der Waals surface area contributed by atoms with Gasteiger partial charge >= 0.3 is 0 Å². The van der Waals surface area contributed by atoms with Gasteiger partial charge in [0.25, 0.3) is 5.91 Å². The van der Waals surface area contributed by atoms with E-state index in [4.69, 9.17) is 16.0 Å². The third-order valence-electron chi connectivity index (χ3n) is 5.30. The van der Waals surface area contributed by atoms with Crippen LogP contribution in [0.2, 0.25) is 5.02 Å². The molecule has 30 heavy (non-hydrogen) atoms. The van der Waals surface area contributed by atoms with E-state index in [9.17, 15) is 18.0 Å². The highest BCUT2D eigenvalue weighted by Gasteiger charge is 2.36. The van der Waals surface area contributed by atoms with Crippen LogP contribution in [-0.2, 0) is 16.4 Å². The predicted molar refractivity (Wildman–Crippen MR) is 116 cm³/mol. The first-order valence-electron chi connectivity index (χ1n) is 9.53. The van der Waals surface area contributed by atoms with Gasteiger partial charge in [-0.3, -0.25) is 9.59 Å². The summed E-state index contributed by atoms with van der Waals surface area (Å²) in [4.78, 5) is 27.4. The molecule has 1 aliphatic heterocycles. The van der Waals surface area contributed by atoms with E-state index in [1.807, 2.05) is 6.92 Å². The fourth-order valence-electron chi connectivity index (χ4n) is 3.72. The molecule has 0 bridgehead atoms. The summed E-state index contributed by atoms with van der Waals surface area (Å²) < 4.78 is 29.8. The molecule has 0 aliphatic carbocycles. The van der Waals surface area contributed by atoms with E-state index in [1.54, 1.807) is 42.5 Å². The lowest BCUT2D eigenvalue weighted by Crippen LogP contribution is -2.41. The molecular formula is C22H20ClNO5S. The lowest BCUT2D eigenvalue weighted by molar-refractivity contribution is 0.0648. The second-order valence-electron chi connectivity index (χ2n) is 7.56. The van der Waals surface area contributed by atoms with Gasteiger partial charge in [-0.05, 0) is 37.1 Å². The summed E-state index contributed by atoms with van der Waals surface area (Å²) in [7, 11) is -3.23. The molecule has 8 heteroatoms. The number of hydrogen-bond donors (Lipinski definition) is 0. The van der Waals surface area contributed by atoms with Crippen LogP contribution in [0.3, 0.4) is 0 Å². The largest absolute Gasteiger partial charge is 0.451 e. The van der Waals surface area contributed by atoms with E-state index in [2.05, 4.69) is 0 Å². The molecule has 1 amide bonds. The number of aryl methyl sites for hydroxylation is 1. The Kier molecular flexibility index (Phi) is 5.42. The predicted octanol–water partition coefficient (Wildman–Crippen LogP) is 3.58. The van der Waals surface area contributed by atoms with Crippen molar-refractivity contribution < 1.29 is 17.6 Å². The average Bonchev–Trinajstić information content (AvgIpc) is 3.06. The highest BCUT2D eigenvalue weighted by atomic mass is 35.5. The first-order valence-corrected chi connectivity index (χ1v) is 11.7. The van der Waals surface area contributed by atoms with Gasteiger partial charge < -0.3 is 9.32 Å². The summed E-state index contributed by atoms with van der Waals surface area (Å²) in [6, 6.07) is 12.9. The van der Waals surface area contributed by atoms with Crippen molar-refractivity contribution in [3.05, 3.63) is 80.7 Å². The molecule has 1 atom stereocenters. The Bertz CT molecular complexity index is 1300. The second-order valence-corrected chi connectivity index (χ2v) is 10.2. The maximum absolute atomic E-state index is 13.4. The molecule has 156 valence electrons. The van der Waals surface area contributed by atoms with Gasteiger partial charge in [0.2, 0.25) is 0 Å². The Hall–Kier alpha value is -2.64. The first-order chi connectivity index (χ1) is 14.2. The van der Waals surface area contributed by atoms with Crippen molar-refractivity contribution in [2.45, 2.75) is 25.9 Å². The summed E-state index contributed by atoms with van der Waals surface area (Å²) in [5, 5.41) is 0.874. The molecule has 4 rings (SSSR count). The van der Waals surface area contributed by atoms with Gasteiger partial charge in [-0.1, -0.05) is 41.4 Å². The van der Waals surface area contributed by atoms with E-state index >= 15 is 0 Å². The third-order valence-corrected chi connectivity index (χ3v) is 7.42. The van der Waals surface area contributed by atoms with Crippen molar-refractivity contribution >= 4 is 38.3 Å². The minimum Gasteiger partial charge on any atom is -0.451 e. The average molecular weight is 446 g/mol. The lowest BCUT2D eigenvalue weighted by atomic mass is 10.1. The standard InChI is InChI=1S/C22H20ClNO5S/c1-14-6-7-20-17(10-14)19(25)11-21(29-20)22(26)24(16-8-9-30(27,28)13-16)12-15-4-2-3-5-18(15)23/h2-7,10-11,16H,8-9,12-13H2,1H3/t16-/m0/s1. The van der Waals surface area contributed by atoms with Crippen LogP contribution in [0, 0.1) is 6.92 Å². The van der Waals surface area contributed by atoms with Crippen molar-refractivity contribution in [1.29, 1.82) is 0 Å². The monoisotopic (exact) mass is 445 g/mol. The van der Waals surface area contributed by atoms with E-state index < -0.39 is 21.8 Å². The normalized spacial score (nSPS) is 17.9. The highest BCUT2D eigenvalue weighted by Crippen LogP contribution is 2.25. The van der Waals surface area contributed by atoms with Gasteiger partial charge in [0.05, 0.1) is 16.9 Å². The second kappa shape index (κ2) is 7.89. The van der Waals surface area contributed by atoms with Crippen molar-refractivity contribution in [2.75, 3.05) is 11.5 Å². The van der Waals surface area contributed by atoms with Gasteiger partial charge in [0.15, 0.2) is 21.0 Å². The number of amides is 1. The first kappa shape index (κ1) is 20.6. The molecular weight excluding hydrogens is 426 g/mol. The van der Waals surface area contributed by atoms with Crippen LogP contribution >= 0.6 is 11.6 Å². The number of hydrogen-bond acceptors (Lipinski definition) is 5. The van der Waals surface area contributed by atoms with Crippen LogP contribution < -0.4 is 5.43 Å². The highest BCUT2D eigenvalue weighted by molar-refractivity contribution is 7.91. The van der Waals surface area contributed by atoms with E-state index in [1.165, 1.54) is 11.0 Å². The van der Waals surface area contributed by atoms with Crippen LogP contribution in [0.25, 0.3) is 11.0 Å². The molecule has 2 aromatic carbocycles. The zero-order valence-corrected chi connectivity index (χ0v) is 17.9. The topological polar surface area (TPSA) is 84.7 Å². The van der Waals surface area contributed by atoms with Crippen LogP contribution in [-0.4, -0.2) is 36.8 Å². The fourth-order valence-corrected chi connectivity index (χ4v) is 5.64. The molecule has 0 radical (unpaired) electrons. The van der Waals surface area contributed by atoms with Crippen LogP contribution in [0.5, 0.6) is 0 Å². The molecule has 0 N–H and O–H groups in total. The van der Waals surface area contributed by atoms with Gasteiger partial charge in [-0.2, -0.15) is 0 Å². The van der Waals surface area contributed by atoms with Gasteiger partial charge in [-0.25, -0.2) is 8.42 Å². The number of fused-ring (bicyclic) bond motifs is 1. The third kappa shape index (κ3) is 4.13. The molecule has 1 fully saturated rings. The number of carbonyl (C=O) groups is 1. The minimum atomic E-state index is -3.23. The molecule has 3 aromatic rings. The number of benzene rings is 2. The smallest absolute Gasteiger partial charge is 0.290 e. The Labute approximate surface area is 179 Å². The summed E-state index contributed by atoms with van der Waals surface area (Å²) in [5.41, 5.74) is 1.59. The Morgan fingerprint density at radius 2 is 1.97 bits per heavy atom. The minimum absolute atomic E-state index is 0.0188. The SMILES string of the molecule is Cc1ccc2oc(C(=O)N(Cc3ccccc3Cl)[C@H]3CCS(=O)(=O)C3)cc(=O)c2c1. The molecule has 1 saturated heterocycles. The Morgan fingerprint density at radius 1 is 1.20 bits per heavy atom. The summed E-state index contributed by atoms with van der Waals surface area (Å²) in [6.07, 6.45) is 0.329. The van der Waals surface area contributed by atoms with Crippen molar-refractivity contribution in [3.63, 3.8) is 0 Å². The molecule has 1 aliphatic rings. The number of rotatable bonds is 4. The van der Waals surface area contributed by atoms with Crippen molar-refractivity contribution in [1.82, 2.24) is 4.90 Å². The molecule has 2 heterocycles. The molecule has 0 saturated carbocycles. The summed E-state index contributed by atoms with van der Waals surface area (Å²) >= 11 is 6.27. The molecule has 1 aromatic heterocycles. The zero-order chi connectivity index (χ0) is 21.5. The number of nitrogens with zero attached hydrogens (tertiary/aromatic N) is 1. The van der Waals surface area contributed by atoms with E-state index in [-0.39, 0.29) is 29.2 Å². The van der Waals surface area contributed by atoms with E-state index in [0.29, 0.717) is 28.0 Å². The van der Waals surface area contributed by atoms with Gasteiger partial charge in [0.1, 0.15) is 5.58 Å². The lowest BCUT2D eigenvalue weighted by Gasteiger charge is -2.28. The van der Waals surface area contributed by atoms with Crippen LogP contribution in [0.15, 0.2) is 57.7 Å². The molecule has 0 unspecified atom stereocenters. The van der Waals surface area contributed by atoms with Crippen molar-refractivity contribution in [3.8, 4) is 0 Å². The van der Waals surface area contributed by atoms with Crippen LogP contribution in [0.4, 0.5) is 0 Å². The molecule has 6 nitrogen and oxygen atoms in total.